The Bertz CT molecular complexity index is 339. The van der Waals surface area contributed by atoms with Crippen LogP contribution >= 0.6 is 0 Å². The number of rotatable bonds is 19. The Labute approximate surface area is 171 Å². The van der Waals surface area contributed by atoms with E-state index in [-0.39, 0.29) is 0 Å². The molecule has 0 fully saturated rings. The molecule has 1 atom stereocenters. The van der Waals surface area contributed by atoms with E-state index >= 15 is 0 Å². The molecule has 0 bridgehead atoms. The molecule has 1 aliphatic heterocycles. The van der Waals surface area contributed by atoms with E-state index in [1.807, 2.05) is 0 Å². The summed E-state index contributed by atoms with van der Waals surface area (Å²) in [7, 11) is 2.21. The van der Waals surface area contributed by atoms with Gasteiger partial charge in [0, 0.05) is 26.0 Å². The molecule has 160 valence electrons. The highest BCUT2D eigenvalue weighted by Crippen LogP contribution is 2.20. The first-order valence-corrected chi connectivity index (χ1v) is 12.5. The van der Waals surface area contributed by atoms with Crippen molar-refractivity contribution in [1.29, 1.82) is 0 Å². The lowest BCUT2D eigenvalue weighted by Gasteiger charge is -2.29. The summed E-state index contributed by atoms with van der Waals surface area (Å²) in [6.45, 7) is 5.68. The molecule has 0 spiro atoms. The predicted octanol–water partition coefficient (Wildman–Crippen LogP) is 8.09. The molecule has 0 saturated carbocycles. The summed E-state index contributed by atoms with van der Waals surface area (Å²) in [4.78, 5) is 4.84. The number of unbranched alkanes of at least 4 members (excludes halogenated alkanes) is 16. The molecule has 0 aromatic carbocycles. The third-order valence-electron chi connectivity index (χ3n) is 6.28. The second kappa shape index (κ2) is 17.4. The van der Waals surface area contributed by atoms with Crippen LogP contribution in [-0.2, 0) is 0 Å². The SMILES string of the molecule is CCCCCCCCCCCCCCCCCCCC1N(C)C=CN1CC. The van der Waals surface area contributed by atoms with Gasteiger partial charge in [-0.2, -0.15) is 0 Å². The van der Waals surface area contributed by atoms with E-state index in [2.05, 4.69) is 43.1 Å². The van der Waals surface area contributed by atoms with Gasteiger partial charge in [0.1, 0.15) is 6.17 Å². The predicted molar refractivity (Wildman–Crippen MR) is 122 cm³/mol. The normalized spacial score (nSPS) is 16.6. The molecule has 1 unspecified atom stereocenters. The van der Waals surface area contributed by atoms with Crippen molar-refractivity contribution in [3.05, 3.63) is 12.4 Å². The fourth-order valence-electron chi connectivity index (χ4n) is 4.36. The lowest BCUT2D eigenvalue weighted by Crippen LogP contribution is -2.36. The molecule has 2 heteroatoms. The number of hydrogen-bond acceptors (Lipinski definition) is 2. The van der Waals surface area contributed by atoms with Gasteiger partial charge in [-0.05, 0) is 19.8 Å². The fourth-order valence-corrected chi connectivity index (χ4v) is 4.36. The molecule has 1 rings (SSSR count). The van der Waals surface area contributed by atoms with Crippen molar-refractivity contribution in [2.45, 2.75) is 136 Å². The highest BCUT2D eigenvalue weighted by molar-refractivity contribution is 4.94. The van der Waals surface area contributed by atoms with Crippen LogP contribution in [0.15, 0.2) is 12.4 Å². The molecule has 0 saturated heterocycles. The number of hydrogen-bond donors (Lipinski definition) is 0. The first-order valence-electron chi connectivity index (χ1n) is 12.5. The first-order chi connectivity index (χ1) is 13.3. The molecule has 0 aromatic rings. The molecule has 27 heavy (non-hydrogen) atoms. The summed E-state index contributed by atoms with van der Waals surface area (Å²) in [5, 5.41) is 0. The highest BCUT2D eigenvalue weighted by Gasteiger charge is 2.21. The van der Waals surface area contributed by atoms with Gasteiger partial charge in [0.25, 0.3) is 0 Å². The minimum Gasteiger partial charge on any atom is -0.359 e. The zero-order chi connectivity index (χ0) is 19.6. The van der Waals surface area contributed by atoms with Crippen LogP contribution in [0, 0.1) is 0 Å². The van der Waals surface area contributed by atoms with Gasteiger partial charge in [-0.3, -0.25) is 0 Å². The van der Waals surface area contributed by atoms with E-state index in [9.17, 15) is 0 Å². The second-order valence-electron chi connectivity index (χ2n) is 8.72. The number of nitrogens with zero attached hydrogens (tertiary/aromatic N) is 2. The van der Waals surface area contributed by atoms with E-state index < -0.39 is 0 Å². The van der Waals surface area contributed by atoms with Gasteiger partial charge >= 0.3 is 0 Å². The van der Waals surface area contributed by atoms with Crippen molar-refractivity contribution in [3.63, 3.8) is 0 Å². The quantitative estimate of drug-likeness (QED) is 0.209. The minimum atomic E-state index is 0.617. The standard InChI is InChI=1S/C25H50N2/c1-4-6-7-8-9-10-11-12-13-14-15-16-17-18-19-20-21-22-25-26(3)23-24-27(25)5-2/h23-25H,4-22H2,1-3H3. The van der Waals surface area contributed by atoms with Gasteiger partial charge in [-0.25, -0.2) is 0 Å². The average Bonchev–Trinajstić information content (AvgIpc) is 3.04. The minimum absolute atomic E-state index is 0.617. The van der Waals surface area contributed by atoms with Gasteiger partial charge in [0.15, 0.2) is 0 Å². The van der Waals surface area contributed by atoms with Crippen molar-refractivity contribution < 1.29 is 0 Å². The summed E-state index contributed by atoms with van der Waals surface area (Å²) in [6, 6.07) is 0. The fraction of sp³-hybridized carbons (Fsp3) is 0.920. The Morgan fingerprint density at radius 3 is 1.37 bits per heavy atom. The lowest BCUT2D eigenvalue weighted by atomic mass is 10.0. The topological polar surface area (TPSA) is 6.48 Å². The Morgan fingerprint density at radius 1 is 0.556 bits per heavy atom. The van der Waals surface area contributed by atoms with E-state index in [4.69, 9.17) is 0 Å². The Hall–Kier alpha value is -0.660. The summed E-state index contributed by atoms with van der Waals surface area (Å²) < 4.78 is 0. The van der Waals surface area contributed by atoms with E-state index in [1.54, 1.807) is 0 Å². The first kappa shape index (κ1) is 24.4. The summed E-state index contributed by atoms with van der Waals surface area (Å²) in [5.41, 5.74) is 0. The van der Waals surface area contributed by atoms with Crippen molar-refractivity contribution in [3.8, 4) is 0 Å². The molecule has 2 nitrogen and oxygen atoms in total. The van der Waals surface area contributed by atoms with E-state index in [1.165, 1.54) is 116 Å². The van der Waals surface area contributed by atoms with Gasteiger partial charge in [-0.1, -0.05) is 110 Å². The lowest BCUT2D eigenvalue weighted by molar-refractivity contribution is 0.167. The second-order valence-corrected chi connectivity index (χ2v) is 8.72. The van der Waals surface area contributed by atoms with Crippen LogP contribution in [0.4, 0.5) is 0 Å². The molecule has 0 aliphatic carbocycles. The van der Waals surface area contributed by atoms with Gasteiger partial charge in [0.2, 0.25) is 0 Å². The van der Waals surface area contributed by atoms with Gasteiger partial charge in [0.05, 0.1) is 0 Å². The maximum absolute atomic E-state index is 2.46. The van der Waals surface area contributed by atoms with Crippen LogP contribution in [0.2, 0.25) is 0 Å². The van der Waals surface area contributed by atoms with Gasteiger partial charge < -0.3 is 9.80 Å². The van der Waals surface area contributed by atoms with Crippen LogP contribution < -0.4 is 0 Å². The molecule has 1 aliphatic rings. The summed E-state index contributed by atoms with van der Waals surface area (Å²) in [5.74, 6) is 0. The van der Waals surface area contributed by atoms with Crippen LogP contribution in [-0.4, -0.2) is 29.6 Å². The van der Waals surface area contributed by atoms with Crippen LogP contribution in [0.1, 0.15) is 129 Å². The third-order valence-corrected chi connectivity index (χ3v) is 6.28. The zero-order valence-corrected chi connectivity index (χ0v) is 19.1. The monoisotopic (exact) mass is 378 g/mol. The Kier molecular flexibility index (Phi) is 15.7. The van der Waals surface area contributed by atoms with Gasteiger partial charge in [-0.15, -0.1) is 0 Å². The smallest absolute Gasteiger partial charge is 0.100 e. The third kappa shape index (κ3) is 12.4. The van der Waals surface area contributed by atoms with E-state index in [0.29, 0.717) is 6.17 Å². The summed E-state index contributed by atoms with van der Waals surface area (Å²) in [6.07, 6.45) is 31.1. The van der Waals surface area contributed by atoms with Crippen molar-refractivity contribution in [1.82, 2.24) is 9.80 Å². The Morgan fingerprint density at radius 2 is 0.963 bits per heavy atom. The highest BCUT2D eigenvalue weighted by atomic mass is 15.4. The Balaban J connectivity index is 1.75. The maximum atomic E-state index is 2.46. The molecular weight excluding hydrogens is 328 g/mol. The molecule has 0 radical (unpaired) electrons. The van der Waals surface area contributed by atoms with Crippen molar-refractivity contribution in [2.75, 3.05) is 13.6 Å². The van der Waals surface area contributed by atoms with Crippen LogP contribution in [0.3, 0.4) is 0 Å². The zero-order valence-electron chi connectivity index (χ0n) is 19.1. The largest absolute Gasteiger partial charge is 0.359 e. The molecule has 1 heterocycles. The van der Waals surface area contributed by atoms with Crippen LogP contribution in [0.5, 0.6) is 0 Å². The molecule has 0 amide bonds. The molecular formula is C25H50N2. The maximum Gasteiger partial charge on any atom is 0.100 e. The summed E-state index contributed by atoms with van der Waals surface area (Å²) >= 11 is 0. The van der Waals surface area contributed by atoms with Crippen molar-refractivity contribution in [2.24, 2.45) is 0 Å². The van der Waals surface area contributed by atoms with Crippen molar-refractivity contribution >= 4 is 0 Å². The molecule has 0 N–H and O–H groups in total. The average molecular weight is 379 g/mol. The molecule has 0 aromatic heterocycles. The van der Waals surface area contributed by atoms with E-state index in [0.717, 1.165) is 6.54 Å². The van der Waals surface area contributed by atoms with Crippen LogP contribution in [0.25, 0.3) is 0 Å².